The van der Waals surface area contributed by atoms with Crippen molar-refractivity contribution < 1.29 is 10.2 Å². The van der Waals surface area contributed by atoms with E-state index in [4.69, 9.17) is 0 Å². The van der Waals surface area contributed by atoms with Gasteiger partial charge >= 0.3 is 0 Å². The second kappa shape index (κ2) is 17.3. The first-order valence-corrected chi connectivity index (χ1v) is 15.7. The third-order valence-corrected chi connectivity index (χ3v) is 8.55. The van der Waals surface area contributed by atoms with Gasteiger partial charge in [-0.3, -0.25) is 0 Å². The van der Waals surface area contributed by atoms with Crippen molar-refractivity contribution in [2.75, 3.05) is 5.75 Å². The van der Waals surface area contributed by atoms with E-state index in [1.807, 2.05) is 30.3 Å². The number of benzene rings is 2. The third kappa shape index (κ3) is 10.6. The van der Waals surface area contributed by atoms with E-state index in [0.29, 0.717) is 14.9 Å². The van der Waals surface area contributed by atoms with E-state index in [1.165, 1.54) is 95.2 Å². The minimum Gasteiger partial charge on any atom is -0.507 e. The number of aromatic nitrogens is 4. The van der Waals surface area contributed by atoms with Gasteiger partial charge in [0.2, 0.25) is 5.16 Å². The van der Waals surface area contributed by atoms with Crippen molar-refractivity contribution in [3.05, 3.63) is 42.5 Å². The van der Waals surface area contributed by atoms with Crippen LogP contribution in [0.2, 0.25) is 0 Å². The molecule has 8 heteroatoms. The molecule has 202 valence electrons. The molecule has 0 atom stereocenters. The molecule has 0 spiro atoms. The number of thioether (sulfide) groups is 1. The van der Waals surface area contributed by atoms with Crippen LogP contribution in [0, 0.1) is 0 Å². The summed E-state index contributed by atoms with van der Waals surface area (Å²) in [5, 5.41) is 33.5. The fourth-order valence-electron chi connectivity index (χ4n) is 4.29. The van der Waals surface area contributed by atoms with Gasteiger partial charge in [-0.25, -0.2) is 0 Å². The molecule has 0 radical (unpaired) electrons. The topological polar surface area (TPSA) is 84.1 Å². The molecule has 37 heavy (non-hydrogen) atoms. The molecule has 0 saturated carbocycles. The molecule has 1 aromatic heterocycles. The Hall–Kier alpha value is -2.19. The summed E-state index contributed by atoms with van der Waals surface area (Å²) in [5.41, 5.74) is 0.832. The number of hydrogen-bond donors (Lipinski definition) is 2. The van der Waals surface area contributed by atoms with Gasteiger partial charge in [0, 0.05) is 0 Å². The lowest BCUT2D eigenvalue weighted by Crippen LogP contribution is -1.98. The number of unbranched alkanes of at least 4 members (excludes halogenated alkanes) is 13. The van der Waals surface area contributed by atoms with Crippen LogP contribution in [0.4, 0.5) is 0 Å². The highest BCUT2D eigenvalue weighted by Gasteiger charge is 2.15. The summed E-state index contributed by atoms with van der Waals surface area (Å²) in [5.74, 6) is 1.23. The second-order valence-electron chi connectivity index (χ2n) is 9.54. The van der Waals surface area contributed by atoms with Crippen LogP contribution in [-0.4, -0.2) is 36.2 Å². The van der Waals surface area contributed by atoms with Gasteiger partial charge in [0.25, 0.3) is 0 Å². The number of nitrogens with zero attached hydrogens (tertiary/aromatic N) is 4. The first-order chi connectivity index (χ1) is 18.2. The zero-order chi connectivity index (χ0) is 26.1. The van der Waals surface area contributed by atoms with Crippen LogP contribution in [0.5, 0.6) is 11.5 Å². The molecule has 0 aliphatic heterocycles. The zero-order valence-corrected chi connectivity index (χ0v) is 23.8. The van der Waals surface area contributed by atoms with Gasteiger partial charge in [0.05, 0.1) is 15.5 Å². The predicted octanol–water partition coefficient (Wildman–Crippen LogP) is 8.80. The van der Waals surface area contributed by atoms with Crippen molar-refractivity contribution in [2.45, 2.75) is 112 Å². The maximum atomic E-state index is 10.6. The van der Waals surface area contributed by atoms with Crippen LogP contribution >= 0.6 is 23.5 Å². The van der Waals surface area contributed by atoms with Gasteiger partial charge in [-0.15, -0.1) is 16.9 Å². The van der Waals surface area contributed by atoms with E-state index in [0.717, 1.165) is 17.9 Å². The number of phenolic OH excluding ortho intramolecular Hbond substituents is 2. The third-order valence-electron chi connectivity index (χ3n) is 6.44. The minimum absolute atomic E-state index is 0.119. The minimum atomic E-state index is 0.119. The number of rotatable bonds is 19. The van der Waals surface area contributed by atoms with Crippen LogP contribution in [-0.2, 0) is 0 Å². The number of hydrogen-bond acceptors (Lipinski definition) is 7. The highest BCUT2D eigenvalue weighted by molar-refractivity contribution is 7.99. The van der Waals surface area contributed by atoms with Gasteiger partial charge in [-0.05, 0) is 58.6 Å². The van der Waals surface area contributed by atoms with Crippen LogP contribution in [0.15, 0.2) is 57.4 Å². The molecule has 0 aliphatic rings. The van der Waals surface area contributed by atoms with Crippen LogP contribution < -0.4 is 0 Å². The standard InChI is InChI=1S/C29H42N4O2S2/c1-2-3-4-5-6-7-8-9-10-11-12-13-14-18-21-36-27-22-26(35)28(23-25(27)34)37-29-30-31-32-33(29)24-19-16-15-17-20-24/h15-17,19-20,22-23,34-35H,2-14,18,21H2,1H3. The number of aromatic hydroxyl groups is 2. The van der Waals surface area contributed by atoms with Crippen LogP contribution in [0.1, 0.15) is 96.8 Å². The van der Waals surface area contributed by atoms with Gasteiger partial charge in [0.15, 0.2) is 0 Å². The van der Waals surface area contributed by atoms with Crippen molar-refractivity contribution in [3.8, 4) is 17.2 Å². The Bertz CT molecular complexity index is 1030. The Morgan fingerprint density at radius 1 is 0.703 bits per heavy atom. The summed E-state index contributed by atoms with van der Waals surface area (Å²) in [6.45, 7) is 2.27. The second-order valence-corrected chi connectivity index (χ2v) is 11.7. The Balaban J connectivity index is 1.30. The van der Waals surface area contributed by atoms with Gasteiger partial charge in [-0.1, -0.05) is 109 Å². The number of phenols is 2. The molecular weight excluding hydrogens is 500 g/mol. The lowest BCUT2D eigenvalue weighted by atomic mass is 10.0. The molecule has 3 rings (SSSR count). The SMILES string of the molecule is CCCCCCCCCCCCCCCCSc1cc(O)c(Sc2nnnn2-c2ccccc2)cc1O. The number of para-hydroxylation sites is 1. The van der Waals surface area contributed by atoms with Crippen molar-refractivity contribution in [1.29, 1.82) is 0 Å². The molecule has 2 N–H and O–H groups in total. The van der Waals surface area contributed by atoms with E-state index in [-0.39, 0.29) is 11.5 Å². The lowest BCUT2D eigenvalue weighted by molar-refractivity contribution is 0.438. The van der Waals surface area contributed by atoms with Gasteiger partial charge in [0.1, 0.15) is 11.5 Å². The highest BCUT2D eigenvalue weighted by Crippen LogP contribution is 2.41. The van der Waals surface area contributed by atoms with E-state index in [1.54, 1.807) is 28.6 Å². The summed E-state index contributed by atoms with van der Waals surface area (Å²) in [6.07, 6.45) is 18.8. The molecule has 0 bridgehead atoms. The Kier molecular flexibility index (Phi) is 13.8. The maximum absolute atomic E-state index is 10.6. The molecule has 3 aromatic rings. The number of tetrazole rings is 1. The molecule has 0 fully saturated rings. The monoisotopic (exact) mass is 542 g/mol. The van der Waals surface area contributed by atoms with Crippen LogP contribution in [0.3, 0.4) is 0 Å². The fraction of sp³-hybridized carbons (Fsp3) is 0.552. The Labute approximate surface area is 230 Å². The van der Waals surface area contributed by atoms with E-state index in [2.05, 4.69) is 22.4 Å². The molecule has 1 heterocycles. The normalized spacial score (nSPS) is 11.3. The summed E-state index contributed by atoms with van der Waals surface area (Å²) >= 11 is 2.82. The molecule has 0 amide bonds. The summed E-state index contributed by atoms with van der Waals surface area (Å²) in [4.78, 5) is 1.23. The van der Waals surface area contributed by atoms with Crippen molar-refractivity contribution in [3.63, 3.8) is 0 Å². The van der Waals surface area contributed by atoms with Gasteiger partial charge < -0.3 is 10.2 Å². The fourth-order valence-corrected chi connectivity index (χ4v) is 6.09. The lowest BCUT2D eigenvalue weighted by Gasteiger charge is -2.10. The van der Waals surface area contributed by atoms with E-state index < -0.39 is 0 Å². The molecule has 0 unspecified atom stereocenters. The van der Waals surface area contributed by atoms with E-state index in [9.17, 15) is 10.2 Å². The summed E-state index contributed by atoms with van der Waals surface area (Å²) in [7, 11) is 0. The van der Waals surface area contributed by atoms with Crippen molar-refractivity contribution >= 4 is 23.5 Å². The van der Waals surface area contributed by atoms with Crippen molar-refractivity contribution in [2.24, 2.45) is 0 Å². The molecule has 6 nitrogen and oxygen atoms in total. The highest BCUT2D eigenvalue weighted by atomic mass is 32.2. The maximum Gasteiger partial charge on any atom is 0.219 e. The van der Waals surface area contributed by atoms with Crippen molar-refractivity contribution in [1.82, 2.24) is 20.2 Å². The van der Waals surface area contributed by atoms with E-state index >= 15 is 0 Å². The smallest absolute Gasteiger partial charge is 0.219 e. The summed E-state index contributed by atoms with van der Waals surface area (Å²) < 4.78 is 1.61. The average molecular weight is 543 g/mol. The zero-order valence-electron chi connectivity index (χ0n) is 22.1. The largest absolute Gasteiger partial charge is 0.507 e. The Morgan fingerprint density at radius 3 is 1.86 bits per heavy atom. The predicted molar refractivity (Wildman–Crippen MR) is 154 cm³/mol. The molecule has 0 aliphatic carbocycles. The van der Waals surface area contributed by atoms with Crippen LogP contribution in [0.25, 0.3) is 5.69 Å². The first kappa shape index (κ1) is 29.4. The molecular formula is C29H42N4O2S2. The quantitative estimate of drug-likeness (QED) is 0.0889. The summed E-state index contributed by atoms with van der Waals surface area (Å²) in [6, 6.07) is 12.8. The van der Waals surface area contributed by atoms with Gasteiger partial charge in [-0.2, -0.15) is 4.68 Å². The molecule has 2 aromatic carbocycles. The molecule has 0 saturated heterocycles. The Morgan fingerprint density at radius 2 is 1.24 bits per heavy atom. The average Bonchev–Trinajstić information content (AvgIpc) is 3.37. The first-order valence-electron chi connectivity index (χ1n) is 13.9.